The molecule has 0 fully saturated rings. The summed E-state index contributed by atoms with van der Waals surface area (Å²) in [7, 11) is 1.59. The maximum atomic E-state index is 12.6. The molecule has 0 atom stereocenters. The fourth-order valence-corrected chi connectivity index (χ4v) is 4.23. The lowest BCUT2D eigenvalue weighted by Gasteiger charge is -2.10. The SMILES string of the molecule is COc1ccc(-c2nc3ccccc3s2)cc1NC(=O)C=Cc1ccc(C(C)C)cc1. The van der Waals surface area contributed by atoms with E-state index in [2.05, 4.69) is 37.4 Å². The number of thiazole rings is 1. The number of carbonyl (C=O) groups is 1. The molecule has 156 valence electrons. The molecule has 0 radical (unpaired) electrons. The van der Waals surface area contributed by atoms with Crippen LogP contribution in [-0.2, 0) is 4.79 Å². The average molecular weight is 429 g/mol. The van der Waals surface area contributed by atoms with E-state index in [0.717, 1.165) is 26.4 Å². The lowest BCUT2D eigenvalue weighted by atomic mass is 10.0. The summed E-state index contributed by atoms with van der Waals surface area (Å²) in [6.45, 7) is 4.32. The van der Waals surface area contributed by atoms with Gasteiger partial charge in [-0.3, -0.25) is 4.79 Å². The predicted octanol–water partition coefficient (Wildman–Crippen LogP) is 6.75. The number of anilines is 1. The zero-order valence-electron chi connectivity index (χ0n) is 17.8. The number of ether oxygens (including phenoxy) is 1. The van der Waals surface area contributed by atoms with Crippen molar-refractivity contribution in [3.05, 3.63) is 83.9 Å². The maximum absolute atomic E-state index is 12.6. The van der Waals surface area contributed by atoms with E-state index in [1.165, 1.54) is 11.6 Å². The second kappa shape index (κ2) is 9.14. The van der Waals surface area contributed by atoms with Crippen molar-refractivity contribution in [2.45, 2.75) is 19.8 Å². The van der Waals surface area contributed by atoms with Gasteiger partial charge in [0.1, 0.15) is 10.8 Å². The predicted molar refractivity (Wildman–Crippen MR) is 130 cm³/mol. The summed E-state index contributed by atoms with van der Waals surface area (Å²) in [5, 5.41) is 3.83. The van der Waals surface area contributed by atoms with Crippen molar-refractivity contribution in [3.8, 4) is 16.3 Å². The van der Waals surface area contributed by atoms with Gasteiger partial charge < -0.3 is 10.1 Å². The van der Waals surface area contributed by atoms with Crippen molar-refractivity contribution in [3.63, 3.8) is 0 Å². The van der Waals surface area contributed by atoms with Gasteiger partial charge in [-0.2, -0.15) is 0 Å². The normalized spacial score (nSPS) is 11.4. The summed E-state index contributed by atoms with van der Waals surface area (Å²) in [6, 6.07) is 22.0. The van der Waals surface area contributed by atoms with Crippen LogP contribution >= 0.6 is 11.3 Å². The van der Waals surface area contributed by atoms with Crippen LogP contribution in [-0.4, -0.2) is 18.0 Å². The van der Waals surface area contributed by atoms with E-state index in [0.29, 0.717) is 17.4 Å². The highest BCUT2D eigenvalue weighted by molar-refractivity contribution is 7.21. The molecular formula is C26H24N2O2S. The van der Waals surface area contributed by atoms with Gasteiger partial charge in [0.25, 0.3) is 0 Å². The molecule has 3 aromatic carbocycles. The van der Waals surface area contributed by atoms with Gasteiger partial charge in [0.2, 0.25) is 5.91 Å². The number of para-hydroxylation sites is 1. The smallest absolute Gasteiger partial charge is 0.248 e. The van der Waals surface area contributed by atoms with Gasteiger partial charge in [-0.15, -0.1) is 11.3 Å². The molecule has 1 amide bonds. The van der Waals surface area contributed by atoms with Crippen molar-refractivity contribution in [1.29, 1.82) is 0 Å². The number of hydrogen-bond acceptors (Lipinski definition) is 4. The Kier molecular flexibility index (Phi) is 6.14. The van der Waals surface area contributed by atoms with Crippen molar-refractivity contribution < 1.29 is 9.53 Å². The minimum absolute atomic E-state index is 0.215. The van der Waals surface area contributed by atoms with E-state index in [-0.39, 0.29) is 5.91 Å². The monoisotopic (exact) mass is 428 g/mol. The molecule has 0 aliphatic heterocycles. The number of benzene rings is 3. The summed E-state index contributed by atoms with van der Waals surface area (Å²) in [6.07, 6.45) is 3.34. The Hall–Kier alpha value is -3.44. The zero-order valence-corrected chi connectivity index (χ0v) is 18.6. The van der Waals surface area contributed by atoms with E-state index in [1.807, 2.05) is 54.6 Å². The highest BCUT2D eigenvalue weighted by Gasteiger charge is 2.11. The minimum atomic E-state index is -0.215. The average Bonchev–Trinajstić information content (AvgIpc) is 3.22. The molecule has 0 unspecified atom stereocenters. The molecule has 1 aromatic heterocycles. The van der Waals surface area contributed by atoms with Crippen molar-refractivity contribution in [1.82, 2.24) is 4.98 Å². The van der Waals surface area contributed by atoms with Crippen LogP contribution in [0.15, 0.2) is 72.8 Å². The van der Waals surface area contributed by atoms with Crippen LogP contribution in [0, 0.1) is 0 Å². The topological polar surface area (TPSA) is 51.2 Å². The summed E-state index contributed by atoms with van der Waals surface area (Å²) < 4.78 is 6.57. The quantitative estimate of drug-likeness (QED) is 0.346. The largest absolute Gasteiger partial charge is 0.495 e. The lowest BCUT2D eigenvalue weighted by Crippen LogP contribution is -2.09. The molecule has 31 heavy (non-hydrogen) atoms. The third-order valence-electron chi connectivity index (χ3n) is 5.03. The highest BCUT2D eigenvalue weighted by atomic mass is 32.1. The van der Waals surface area contributed by atoms with Gasteiger partial charge in [-0.1, -0.05) is 50.2 Å². The summed E-state index contributed by atoms with van der Waals surface area (Å²) in [5.41, 5.74) is 4.78. The van der Waals surface area contributed by atoms with Crippen LogP contribution in [0.5, 0.6) is 5.75 Å². The van der Waals surface area contributed by atoms with Crippen LogP contribution in [0.25, 0.3) is 26.9 Å². The Bertz CT molecular complexity index is 1210. The van der Waals surface area contributed by atoms with Crippen molar-refractivity contribution in [2.24, 2.45) is 0 Å². The molecule has 0 spiro atoms. The molecule has 0 aliphatic rings. The number of carbonyl (C=O) groups excluding carboxylic acids is 1. The van der Waals surface area contributed by atoms with Crippen LogP contribution in [0.1, 0.15) is 30.9 Å². The molecule has 0 aliphatic carbocycles. The van der Waals surface area contributed by atoms with Gasteiger partial charge in [0, 0.05) is 11.6 Å². The fourth-order valence-electron chi connectivity index (χ4n) is 3.27. The molecule has 0 saturated heterocycles. The van der Waals surface area contributed by atoms with Crippen LogP contribution in [0.2, 0.25) is 0 Å². The van der Waals surface area contributed by atoms with Gasteiger partial charge >= 0.3 is 0 Å². The highest BCUT2D eigenvalue weighted by Crippen LogP contribution is 2.34. The Morgan fingerprint density at radius 2 is 1.84 bits per heavy atom. The summed E-state index contributed by atoms with van der Waals surface area (Å²) in [5.74, 6) is 0.872. The third kappa shape index (κ3) is 4.84. The first-order valence-corrected chi connectivity index (χ1v) is 11.0. The molecule has 4 nitrogen and oxygen atoms in total. The molecule has 0 saturated carbocycles. The zero-order chi connectivity index (χ0) is 21.8. The second-order valence-electron chi connectivity index (χ2n) is 7.55. The standard InChI is InChI=1S/C26H24N2O2S/c1-17(2)19-11-8-18(9-12-19)10-15-25(29)27-22-16-20(13-14-23(22)30-3)26-28-21-6-4-5-7-24(21)31-26/h4-17H,1-3H3,(H,27,29). The molecule has 1 N–H and O–H groups in total. The number of amides is 1. The number of aromatic nitrogens is 1. The minimum Gasteiger partial charge on any atom is -0.495 e. The number of hydrogen-bond donors (Lipinski definition) is 1. The fraction of sp³-hybridized carbons (Fsp3) is 0.154. The van der Waals surface area contributed by atoms with Gasteiger partial charge in [-0.25, -0.2) is 4.98 Å². The molecule has 1 heterocycles. The van der Waals surface area contributed by atoms with Crippen molar-refractivity contribution in [2.75, 3.05) is 12.4 Å². The van der Waals surface area contributed by atoms with E-state index in [9.17, 15) is 4.79 Å². The van der Waals surface area contributed by atoms with Crippen LogP contribution < -0.4 is 10.1 Å². The van der Waals surface area contributed by atoms with E-state index in [4.69, 9.17) is 9.72 Å². The third-order valence-corrected chi connectivity index (χ3v) is 6.11. The Balaban J connectivity index is 1.54. The van der Waals surface area contributed by atoms with E-state index < -0.39 is 0 Å². The van der Waals surface area contributed by atoms with Crippen LogP contribution in [0.4, 0.5) is 5.69 Å². The van der Waals surface area contributed by atoms with E-state index in [1.54, 1.807) is 18.4 Å². The number of fused-ring (bicyclic) bond motifs is 1. The van der Waals surface area contributed by atoms with Crippen LogP contribution in [0.3, 0.4) is 0 Å². The van der Waals surface area contributed by atoms with Gasteiger partial charge in [0.15, 0.2) is 0 Å². The van der Waals surface area contributed by atoms with Crippen molar-refractivity contribution >= 4 is 39.2 Å². The first-order chi connectivity index (χ1) is 15.0. The Morgan fingerprint density at radius 3 is 2.55 bits per heavy atom. The number of rotatable bonds is 6. The summed E-state index contributed by atoms with van der Waals surface area (Å²) >= 11 is 1.62. The number of nitrogens with one attached hydrogen (secondary N) is 1. The molecule has 0 bridgehead atoms. The molecular weight excluding hydrogens is 404 g/mol. The first-order valence-electron chi connectivity index (χ1n) is 10.2. The molecule has 4 aromatic rings. The Morgan fingerprint density at radius 1 is 1.06 bits per heavy atom. The molecule has 5 heteroatoms. The van der Waals surface area contributed by atoms with Gasteiger partial charge in [-0.05, 0) is 53.5 Å². The number of nitrogens with zero attached hydrogens (tertiary/aromatic N) is 1. The second-order valence-corrected chi connectivity index (χ2v) is 8.58. The molecule has 4 rings (SSSR count). The van der Waals surface area contributed by atoms with E-state index >= 15 is 0 Å². The maximum Gasteiger partial charge on any atom is 0.248 e. The summed E-state index contributed by atoms with van der Waals surface area (Å²) in [4.78, 5) is 17.3. The Labute approximate surface area is 186 Å². The first kappa shape index (κ1) is 20.8. The number of methoxy groups -OCH3 is 1. The van der Waals surface area contributed by atoms with Gasteiger partial charge in [0.05, 0.1) is 23.0 Å². The lowest BCUT2D eigenvalue weighted by molar-refractivity contribution is -0.111.